The lowest BCUT2D eigenvalue weighted by Crippen LogP contribution is -2.41. The number of ether oxygens (including phenoxy) is 1. The average molecular weight is 529 g/mol. The van der Waals surface area contributed by atoms with Crippen LogP contribution in [0.4, 0.5) is 4.79 Å². The molecule has 38 heavy (non-hydrogen) atoms. The van der Waals surface area contributed by atoms with Crippen LogP contribution in [0.5, 0.6) is 0 Å². The maximum Gasteiger partial charge on any atom is 0.494 e. The van der Waals surface area contributed by atoms with Crippen LogP contribution in [-0.2, 0) is 30.1 Å². The Morgan fingerprint density at radius 3 is 2.08 bits per heavy atom. The van der Waals surface area contributed by atoms with Gasteiger partial charge in [0.1, 0.15) is 11.4 Å². The molecule has 1 aliphatic heterocycles. The summed E-state index contributed by atoms with van der Waals surface area (Å²) in [7, 11) is -0.472. The molecule has 2 fully saturated rings. The van der Waals surface area contributed by atoms with E-state index in [1.807, 2.05) is 72.7 Å². The number of carboxylic acids is 1. The van der Waals surface area contributed by atoms with Crippen LogP contribution in [0.25, 0.3) is 0 Å². The van der Waals surface area contributed by atoms with Gasteiger partial charge in [0, 0.05) is 18.9 Å². The zero-order valence-corrected chi connectivity index (χ0v) is 24.0. The van der Waals surface area contributed by atoms with Crippen molar-refractivity contribution in [2.24, 2.45) is 17.8 Å². The number of carbonyl (C=O) groups excluding carboxylic acids is 2. The molecular formula is C29H44BNO7. The fourth-order valence-electron chi connectivity index (χ4n) is 4.96. The molecule has 0 radical (unpaired) electrons. The van der Waals surface area contributed by atoms with Crippen molar-refractivity contribution < 1.29 is 33.5 Å². The lowest BCUT2D eigenvalue weighted by molar-refractivity contribution is -0.144. The van der Waals surface area contributed by atoms with E-state index >= 15 is 0 Å². The van der Waals surface area contributed by atoms with Gasteiger partial charge in [-0.1, -0.05) is 24.3 Å². The second kappa shape index (κ2) is 11.8. The maximum absolute atomic E-state index is 13.0. The number of carbonyl (C=O) groups is 3. The summed E-state index contributed by atoms with van der Waals surface area (Å²) in [4.78, 5) is 36.9. The number of hydrogen-bond acceptors (Lipinski definition) is 6. The highest BCUT2D eigenvalue weighted by atomic mass is 16.7. The van der Waals surface area contributed by atoms with E-state index < -0.39 is 41.9 Å². The van der Waals surface area contributed by atoms with Crippen molar-refractivity contribution in [1.82, 2.24) is 5.32 Å². The minimum absolute atomic E-state index is 0.0183. The van der Waals surface area contributed by atoms with Gasteiger partial charge in [0.05, 0.1) is 17.1 Å². The number of amides is 1. The fraction of sp³-hybridized carbons (Fsp3) is 0.690. The zero-order chi connectivity index (χ0) is 28.3. The highest BCUT2D eigenvalue weighted by Crippen LogP contribution is 2.36. The second-order valence-corrected chi connectivity index (χ2v) is 12.8. The molecule has 1 aromatic carbocycles. The smallest absolute Gasteiger partial charge is 0.481 e. The Kier molecular flexibility index (Phi) is 9.35. The van der Waals surface area contributed by atoms with Crippen molar-refractivity contribution >= 4 is 30.4 Å². The first-order chi connectivity index (χ1) is 17.6. The van der Waals surface area contributed by atoms with Gasteiger partial charge >= 0.3 is 19.2 Å². The largest absolute Gasteiger partial charge is 0.494 e. The first kappa shape index (κ1) is 30.2. The fourth-order valence-corrected chi connectivity index (χ4v) is 4.96. The van der Waals surface area contributed by atoms with Crippen LogP contribution in [0.3, 0.4) is 0 Å². The number of aliphatic carboxylic acids is 1. The topological polar surface area (TPSA) is 111 Å². The molecule has 1 aromatic rings. The van der Waals surface area contributed by atoms with E-state index in [9.17, 15) is 19.5 Å². The number of ketones is 1. The van der Waals surface area contributed by atoms with Crippen molar-refractivity contribution in [3.05, 3.63) is 29.8 Å². The lowest BCUT2D eigenvalue weighted by Gasteiger charge is -2.32. The molecule has 1 saturated carbocycles. The predicted octanol–water partition coefficient (Wildman–Crippen LogP) is 4.52. The number of carboxylic acid groups (broad SMARTS) is 1. The SMILES string of the molecule is CC(C)(C)OC(=O)NCC1CCC(C(=O)C[C@@H](Cc2ccc(B3OC(C)(C)C(C)(C)O3)cc2)C(=O)O)CC1. The van der Waals surface area contributed by atoms with E-state index in [1.165, 1.54) is 0 Å². The molecule has 2 aliphatic rings. The molecule has 0 spiro atoms. The van der Waals surface area contributed by atoms with E-state index in [-0.39, 0.29) is 18.1 Å². The van der Waals surface area contributed by atoms with Crippen LogP contribution < -0.4 is 10.8 Å². The molecule has 1 amide bonds. The van der Waals surface area contributed by atoms with Crippen molar-refractivity contribution in [2.45, 2.75) is 104 Å². The van der Waals surface area contributed by atoms with Gasteiger partial charge in [-0.3, -0.25) is 9.59 Å². The summed E-state index contributed by atoms with van der Waals surface area (Å²) in [6.45, 7) is 14.0. The summed E-state index contributed by atoms with van der Waals surface area (Å²) in [5.74, 6) is -1.53. The second-order valence-electron chi connectivity index (χ2n) is 12.8. The highest BCUT2D eigenvalue weighted by molar-refractivity contribution is 6.62. The molecular weight excluding hydrogens is 485 g/mol. The number of rotatable bonds is 9. The molecule has 1 aliphatic carbocycles. The van der Waals surface area contributed by atoms with Crippen LogP contribution in [-0.4, -0.2) is 53.4 Å². The third-order valence-corrected chi connectivity index (χ3v) is 8.02. The average Bonchev–Trinajstić information content (AvgIpc) is 3.03. The van der Waals surface area contributed by atoms with Crippen molar-refractivity contribution in [3.8, 4) is 0 Å². The van der Waals surface area contributed by atoms with Gasteiger partial charge in [-0.2, -0.15) is 0 Å². The third kappa shape index (κ3) is 8.06. The van der Waals surface area contributed by atoms with Crippen LogP contribution in [0.1, 0.15) is 86.1 Å². The normalized spacial score (nSPS) is 23.5. The first-order valence-electron chi connectivity index (χ1n) is 13.7. The van der Waals surface area contributed by atoms with Crippen LogP contribution >= 0.6 is 0 Å². The highest BCUT2D eigenvalue weighted by Gasteiger charge is 2.51. The van der Waals surface area contributed by atoms with Crippen molar-refractivity contribution in [1.29, 1.82) is 0 Å². The standard InChI is InChI=1S/C29H44BNO7/c1-27(2,3)36-26(35)31-18-20-8-12-21(13-9-20)24(32)17-22(25(33)34)16-19-10-14-23(15-11-19)30-37-28(4,5)29(6,7)38-30/h10-11,14-15,20-22H,8-9,12-13,16-18H2,1-7H3,(H,31,35)(H,33,34)/t20?,21?,22-/m1/s1. The van der Waals surface area contributed by atoms with Gasteiger partial charge in [-0.15, -0.1) is 0 Å². The monoisotopic (exact) mass is 529 g/mol. The summed E-state index contributed by atoms with van der Waals surface area (Å²) in [6, 6.07) is 7.60. The number of benzene rings is 1. The Balaban J connectivity index is 1.48. The molecule has 8 nitrogen and oxygen atoms in total. The van der Waals surface area contributed by atoms with E-state index in [0.717, 1.165) is 23.9 Å². The summed E-state index contributed by atoms with van der Waals surface area (Å²) in [5, 5.41) is 12.6. The predicted molar refractivity (Wildman–Crippen MR) is 146 cm³/mol. The number of Topliss-reactive ketones (excluding diaryl/α,β-unsaturated/α-hetero) is 1. The molecule has 1 saturated heterocycles. The summed E-state index contributed by atoms with van der Waals surface area (Å²) < 4.78 is 17.5. The minimum atomic E-state index is -0.955. The number of hydrogen-bond donors (Lipinski definition) is 2. The third-order valence-electron chi connectivity index (χ3n) is 8.02. The van der Waals surface area contributed by atoms with Gasteiger partial charge in [-0.25, -0.2) is 4.79 Å². The van der Waals surface area contributed by atoms with Gasteiger partial charge in [-0.05, 0) is 97.5 Å². The first-order valence-corrected chi connectivity index (χ1v) is 13.7. The van der Waals surface area contributed by atoms with Crippen LogP contribution in [0, 0.1) is 17.8 Å². The van der Waals surface area contributed by atoms with Gasteiger partial charge < -0.3 is 24.5 Å². The Hall–Kier alpha value is -2.39. The Morgan fingerprint density at radius 2 is 1.58 bits per heavy atom. The molecule has 0 aromatic heterocycles. The maximum atomic E-state index is 13.0. The van der Waals surface area contributed by atoms with Gasteiger partial charge in [0.25, 0.3) is 0 Å². The minimum Gasteiger partial charge on any atom is -0.481 e. The molecule has 2 N–H and O–H groups in total. The van der Waals surface area contributed by atoms with Gasteiger partial charge in [0.2, 0.25) is 0 Å². The van der Waals surface area contributed by atoms with E-state index in [1.54, 1.807) is 0 Å². The molecule has 1 atom stereocenters. The molecule has 1 heterocycles. The van der Waals surface area contributed by atoms with Crippen molar-refractivity contribution in [3.63, 3.8) is 0 Å². The van der Waals surface area contributed by atoms with Crippen LogP contribution in [0.2, 0.25) is 0 Å². The zero-order valence-electron chi connectivity index (χ0n) is 24.0. The quantitative estimate of drug-likeness (QED) is 0.453. The Labute approximate surface area is 227 Å². The lowest BCUT2D eigenvalue weighted by atomic mass is 9.77. The molecule has 9 heteroatoms. The number of nitrogens with one attached hydrogen (secondary N) is 1. The molecule has 210 valence electrons. The van der Waals surface area contributed by atoms with Gasteiger partial charge in [0.15, 0.2) is 0 Å². The Bertz CT molecular complexity index is 975. The molecule has 3 rings (SSSR count). The van der Waals surface area contributed by atoms with E-state index in [2.05, 4.69) is 5.32 Å². The van der Waals surface area contributed by atoms with Crippen molar-refractivity contribution in [2.75, 3.05) is 6.54 Å². The number of alkyl carbamates (subject to hydrolysis) is 1. The summed E-state index contributed by atoms with van der Waals surface area (Å²) in [5.41, 5.74) is 0.345. The molecule has 0 bridgehead atoms. The van der Waals surface area contributed by atoms with Crippen LogP contribution in [0.15, 0.2) is 24.3 Å². The summed E-state index contributed by atoms with van der Waals surface area (Å²) in [6.07, 6.45) is 2.97. The Morgan fingerprint density at radius 1 is 1.03 bits per heavy atom. The van der Waals surface area contributed by atoms with E-state index in [4.69, 9.17) is 14.0 Å². The van der Waals surface area contributed by atoms with E-state index in [0.29, 0.717) is 31.7 Å². The molecule has 0 unspecified atom stereocenters. The summed E-state index contributed by atoms with van der Waals surface area (Å²) >= 11 is 0.